The summed E-state index contributed by atoms with van der Waals surface area (Å²) in [6.45, 7) is 3.74. The molecule has 1 aliphatic rings. The Bertz CT molecular complexity index is 328. The van der Waals surface area contributed by atoms with E-state index in [2.05, 4.69) is 23.0 Å². The van der Waals surface area contributed by atoms with Crippen LogP contribution in [0.1, 0.15) is 11.6 Å². The van der Waals surface area contributed by atoms with E-state index in [-0.39, 0.29) is 6.04 Å². The van der Waals surface area contributed by atoms with Crippen LogP contribution in [0.4, 0.5) is 5.69 Å². The maximum Gasteiger partial charge on any atom is 0.0965 e. The monoisotopic (exact) mass is 158 g/mol. The van der Waals surface area contributed by atoms with Crippen molar-refractivity contribution >= 4 is 12.0 Å². The minimum atomic E-state index is 0.113. The van der Waals surface area contributed by atoms with Gasteiger partial charge in [-0.2, -0.15) is 0 Å². The Morgan fingerprint density at radius 1 is 1.42 bits per heavy atom. The average molecular weight is 158 g/mol. The molecule has 2 rings (SSSR count). The Labute approximate surface area is 71.6 Å². The van der Waals surface area contributed by atoms with Gasteiger partial charge in [-0.3, -0.25) is 4.99 Å². The van der Waals surface area contributed by atoms with Gasteiger partial charge >= 0.3 is 0 Å². The summed E-state index contributed by atoms with van der Waals surface area (Å²) in [5.41, 5.74) is 2.31. The molecule has 1 unspecified atom stereocenters. The van der Waals surface area contributed by atoms with Gasteiger partial charge < -0.3 is 5.32 Å². The van der Waals surface area contributed by atoms with Crippen molar-refractivity contribution in [1.29, 1.82) is 0 Å². The average Bonchev–Trinajstić information content (AvgIpc) is 2.17. The maximum absolute atomic E-state index is 4.24. The molecule has 0 saturated carbocycles. The van der Waals surface area contributed by atoms with Crippen molar-refractivity contribution in [3.05, 3.63) is 42.5 Å². The van der Waals surface area contributed by atoms with Crippen molar-refractivity contribution in [3.63, 3.8) is 0 Å². The van der Waals surface area contributed by atoms with E-state index in [0.29, 0.717) is 0 Å². The lowest BCUT2D eigenvalue weighted by Crippen LogP contribution is -2.08. The molecule has 0 amide bonds. The molecular weight excluding hydrogens is 148 g/mol. The fourth-order valence-electron chi connectivity index (χ4n) is 1.34. The van der Waals surface area contributed by atoms with Gasteiger partial charge in [-0.05, 0) is 6.07 Å². The third-order valence-corrected chi connectivity index (χ3v) is 1.96. The zero-order chi connectivity index (χ0) is 8.39. The lowest BCUT2D eigenvalue weighted by molar-refractivity contribution is 0.912. The van der Waals surface area contributed by atoms with E-state index in [1.165, 1.54) is 5.56 Å². The molecule has 1 aromatic carbocycles. The van der Waals surface area contributed by atoms with Crippen LogP contribution in [0.15, 0.2) is 41.9 Å². The molecule has 12 heavy (non-hydrogen) atoms. The summed E-state index contributed by atoms with van der Waals surface area (Å²) in [4.78, 5) is 4.24. The summed E-state index contributed by atoms with van der Waals surface area (Å²) in [6.07, 6.45) is 3.56. The highest BCUT2D eigenvalue weighted by atomic mass is 15.0. The van der Waals surface area contributed by atoms with Crippen molar-refractivity contribution in [2.45, 2.75) is 6.04 Å². The predicted molar refractivity (Wildman–Crippen MR) is 51.5 cm³/mol. The number of hydrogen-bond acceptors (Lipinski definition) is 2. The maximum atomic E-state index is 4.24. The molecule has 0 aromatic heterocycles. The highest BCUT2D eigenvalue weighted by Gasteiger charge is 2.12. The zero-order valence-corrected chi connectivity index (χ0v) is 6.70. The molecule has 0 spiro atoms. The van der Waals surface area contributed by atoms with E-state index < -0.39 is 0 Å². The Kier molecular flexibility index (Phi) is 1.67. The van der Waals surface area contributed by atoms with Crippen molar-refractivity contribution in [2.75, 3.05) is 5.32 Å². The molecular formula is C10H10N2. The quantitative estimate of drug-likeness (QED) is 0.623. The van der Waals surface area contributed by atoms with Crippen molar-refractivity contribution in [2.24, 2.45) is 4.99 Å². The van der Waals surface area contributed by atoms with Crippen LogP contribution in [0.25, 0.3) is 0 Å². The van der Waals surface area contributed by atoms with Crippen LogP contribution in [-0.2, 0) is 0 Å². The van der Waals surface area contributed by atoms with E-state index >= 15 is 0 Å². The second-order valence-electron chi connectivity index (χ2n) is 2.69. The summed E-state index contributed by atoms with van der Waals surface area (Å²) in [5, 5.41) is 3.09. The topological polar surface area (TPSA) is 24.4 Å². The lowest BCUT2D eigenvalue weighted by Gasteiger charge is -2.17. The number of aliphatic imine (C=N–C) groups is 1. The second-order valence-corrected chi connectivity index (χ2v) is 2.69. The highest BCUT2D eigenvalue weighted by Crippen LogP contribution is 2.28. The molecule has 1 aromatic rings. The normalized spacial score (nSPS) is 19.5. The molecule has 1 atom stereocenters. The summed E-state index contributed by atoms with van der Waals surface area (Å²) in [7, 11) is 0. The van der Waals surface area contributed by atoms with Crippen LogP contribution in [0.2, 0.25) is 0 Å². The largest absolute Gasteiger partial charge is 0.346 e. The van der Waals surface area contributed by atoms with Crippen LogP contribution >= 0.6 is 0 Å². The number of anilines is 1. The molecule has 0 radical (unpaired) electrons. The standard InChI is InChI=1S/C10H10N2/c1-2-9-8-5-3-4-6-10(8)12-7-11-9/h2-7,9H,1H2,(H,11,12). The van der Waals surface area contributed by atoms with E-state index in [1.807, 2.05) is 24.3 Å². The molecule has 0 bridgehead atoms. The van der Waals surface area contributed by atoms with Gasteiger partial charge in [-0.15, -0.1) is 6.58 Å². The number of fused-ring (bicyclic) bond motifs is 1. The van der Waals surface area contributed by atoms with Gasteiger partial charge in [-0.25, -0.2) is 0 Å². The van der Waals surface area contributed by atoms with E-state index in [9.17, 15) is 0 Å². The van der Waals surface area contributed by atoms with Crippen LogP contribution < -0.4 is 5.32 Å². The molecule has 2 nitrogen and oxygen atoms in total. The number of nitrogens with one attached hydrogen (secondary N) is 1. The van der Waals surface area contributed by atoms with Gasteiger partial charge in [0.15, 0.2) is 0 Å². The van der Waals surface area contributed by atoms with E-state index in [0.717, 1.165) is 5.69 Å². The van der Waals surface area contributed by atoms with Gasteiger partial charge in [-0.1, -0.05) is 24.3 Å². The molecule has 1 N–H and O–H groups in total. The number of benzene rings is 1. The van der Waals surface area contributed by atoms with Gasteiger partial charge in [0.05, 0.1) is 12.4 Å². The number of nitrogens with zero attached hydrogens (tertiary/aromatic N) is 1. The van der Waals surface area contributed by atoms with Gasteiger partial charge in [0, 0.05) is 11.3 Å². The number of rotatable bonds is 1. The first-order valence-electron chi connectivity index (χ1n) is 3.91. The number of hydrogen-bond donors (Lipinski definition) is 1. The molecule has 0 saturated heterocycles. The second kappa shape index (κ2) is 2.81. The zero-order valence-electron chi connectivity index (χ0n) is 6.70. The minimum absolute atomic E-state index is 0.113. The molecule has 60 valence electrons. The molecule has 1 heterocycles. The Hall–Kier alpha value is -1.57. The van der Waals surface area contributed by atoms with Gasteiger partial charge in [0.25, 0.3) is 0 Å². The first-order chi connectivity index (χ1) is 5.92. The van der Waals surface area contributed by atoms with Crippen molar-refractivity contribution in [3.8, 4) is 0 Å². The summed E-state index contributed by atoms with van der Waals surface area (Å²) >= 11 is 0. The minimum Gasteiger partial charge on any atom is -0.346 e. The van der Waals surface area contributed by atoms with Crippen LogP contribution in [0.5, 0.6) is 0 Å². The molecule has 1 aliphatic heterocycles. The Morgan fingerprint density at radius 3 is 3.08 bits per heavy atom. The van der Waals surface area contributed by atoms with Gasteiger partial charge in [0.1, 0.15) is 0 Å². The van der Waals surface area contributed by atoms with Crippen LogP contribution in [0.3, 0.4) is 0 Å². The molecule has 0 fully saturated rings. The first-order valence-corrected chi connectivity index (χ1v) is 3.91. The predicted octanol–water partition coefficient (Wildman–Crippen LogP) is 2.37. The Morgan fingerprint density at radius 2 is 2.25 bits per heavy atom. The summed E-state index contributed by atoms with van der Waals surface area (Å²) < 4.78 is 0. The fourth-order valence-corrected chi connectivity index (χ4v) is 1.34. The van der Waals surface area contributed by atoms with E-state index in [1.54, 1.807) is 6.34 Å². The fraction of sp³-hybridized carbons (Fsp3) is 0.100. The lowest BCUT2D eigenvalue weighted by atomic mass is 10.0. The third-order valence-electron chi connectivity index (χ3n) is 1.96. The van der Waals surface area contributed by atoms with E-state index in [4.69, 9.17) is 0 Å². The molecule has 0 aliphatic carbocycles. The van der Waals surface area contributed by atoms with Crippen LogP contribution in [0, 0.1) is 0 Å². The smallest absolute Gasteiger partial charge is 0.0965 e. The van der Waals surface area contributed by atoms with Crippen LogP contribution in [-0.4, -0.2) is 6.34 Å². The van der Waals surface area contributed by atoms with Gasteiger partial charge in [0.2, 0.25) is 0 Å². The summed E-state index contributed by atoms with van der Waals surface area (Å²) in [6, 6.07) is 8.23. The highest BCUT2D eigenvalue weighted by molar-refractivity contribution is 5.80. The SMILES string of the molecule is C=CC1N=CNc2ccccc21. The number of para-hydroxylation sites is 1. The third kappa shape index (κ3) is 1.01. The molecule has 2 heteroatoms. The first kappa shape index (κ1) is 7.10. The Balaban J connectivity index is 2.49. The summed E-state index contributed by atoms with van der Waals surface area (Å²) in [5.74, 6) is 0. The van der Waals surface area contributed by atoms with Crippen molar-refractivity contribution < 1.29 is 0 Å². The van der Waals surface area contributed by atoms with Crippen molar-refractivity contribution in [1.82, 2.24) is 0 Å².